The van der Waals surface area contributed by atoms with Gasteiger partial charge in [0.1, 0.15) is 0 Å². The van der Waals surface area contributed by atoms with Crippen molar-refractivity contribution in [2.24, 2.45) is 0 Å². The fourth-order valence-electron chi connectivity index (χ4n) is 13.4. The van der Waals surface area contributed by atoms with Crippen LogP contribution < -0.4 is 0 Å². The maximum absolute atomic E-state index is 15.4. The first-order chi connectivity index (χ1) is 49.2. The van der Waals surface area contributed by atoms with Gasteiger partial charge in [0, 0.05) is 66.2 Å². The van der Waals surface area contributed by atoms with Gasteiger partial charge in [0.25, 0.3) is 0 Å². The average Bonchev–Trinajstić information content (AvgIpc) is 1.52. The van der Waals surface area contributed by atoms with Gasteiger partial charge in [-0.3, -0.25) is 0 Å². The Morgan fingerprint density at radius 3 is 0.814 bits per heavy atom. The van der Waals surface area contributed by atoms with Gasteiger partial charge in [-0.2, -0.15) is 94.7 Å². The molecule has 2 heterocycles. The molecule has 0 N–H and O–H groups in total. The van der Waals surface area contributed by atoms with E-state index in [1.807, 2.05) is 24.3 Å². The van der Waals surface area contributed by atoms with Crippen LogP contribution in [-0.2, 0) is 12.4 Å². The molecule has 0 atom stereocenters. The van der Waals surface area contributed by atoms with Gasteiger partial charge in [-0.1, -0.05) is 36.4 Å². The average molecular weight is 1330 g/mol. The fraction of sp³-hybridized carbons (Fsp3) is 0.0247. The van der Waals surface area contributed by atoms with Crippen molar-refractivity contribution in [1.29, 1.82) is 68.4 Å². The Hall–Kier alpha value is -16.0. The molecule has 0 aliphatic rings. The third-order valence-electron chi connectivity index (χ3n) is 17.6. The largest absolute Gasteiger partial charge is 0.417 e. The number of fused-ring (bicyclic) bond motifs is 6. The first kappa shape index (κ1) is 64.7. The van der Waals surface area contributed by atoms with Crippen molar-refractivity contribution in [3.8, 4) is 157 Å². The molecule has 470 valence electrons. The zero-order chi connectivity index (χ0) is 72.2. The van der Waals surface area contributed by atoms with E-state index >= 15 is 26.3 Å². The lowest BCUT2D eigenvalue weighted by molar-refractivity contribution is -0.142. The summed E-state index contributed by atoms with van der Waals surface area (Å²) >= 11 is 0. The first-order valence-electron chi connectivity index (χ1n) is 29.9. The Balaban J connectivity index is 1.16. The van der Waals surface area contributed by atoms with Crippen LogP contribution in [0.2, 0.25) is 0 Å². The molecule has 0 spiro atoms. The Labute approximate surface area is 573 Å². The quantitative estimate of drug-likeness (QED) is 0.128. The monoisotopic (exact) mass is 1330 g/mol. The SMILES string of the molecule is N#Cc1cc(C#N)c(-c2ccc3c(c2)c2cc(-c4c(C#N)cc(C#N)cc4C#N)ccc2n3-c2ccc(C#N)c(-c3cc(-c4c(C(F)(F)F)cccc4C(F)(F)F)ccc3-n3c4ccc(-c5c(C#N)cc(C#N)cc5C#N)cc4c4cc(-c5c(C#N)cc(C#N)cc5C#N)ccc43)c2)c(C#N)c1. The zero-order valence-corrected chi connectivity index (χ0v) is 51.7. The summed E-state index contributed by atoms with van der Waals surface area (Å²) in [5.74, 6) is 0. The number of alkyl halides is 6. The summed E-state index contributed by atoms with van der Waals surface area (Å²) < 4.78 is 95.7. The molecule has 11 aromatic carbocycles. The normalized spacial score (nSPS) is 10.9. The second-order valence-corrected chi connectivity index (χ2v) is 23.0. The van der Waals surface area contributed by atoms with Gasteiger partial charge < -0.3 is 9.13 Å². The molecule has 21 heteroatoms. The second kappa shape index (κ2) is 24.9. The van der Waals surface area contributed by atoms with Gasteiger partial charge in [-0.05, 0) is 167 Å². The molecule has 0 saturated carbocycles. The van der Waals surface area contributed by atoms with Crippen LogP contribution in [0.4, 0.5) is 26.3 Å². The molecule has 15 nitrogen and oxygen atoms in total. The van der Waals surface area contributed by atoms with Crippen molar-refractivity contribution in [1.82, 2.24) is 9.13 Å². The lowest BCUT2D eigenvalue weighted by Gasteiger charge is -2.22. The standard InChI is InChI=1S/C81H29F6N15/c82-80(83,84)68-2-1-3-69(81(85,86)87)79(68)51-9-15-72(102-73-13-7-49(77-57(39-97)20-45(32-90)21-58(77)40-98)26-66(73)67-27-50(8-14-74(67)102)78-59(41-99)22-46(33-91)23-60(78)42-100)63(28-51)62-29-61(10-4-52(62)34-92)101-70-11-5-47(75-53(35-93)16-43(30-88)17-54(75)36-94)24-64(70)65-25-48(6-12-71(65)101)76-55(37-95)18-44(31-89)19-56(76)38-96/h1-29H. The van der Waals surface area contributed by atoms with E-state index in [0.29, 0.717) is 61.9 Å². The van der Waals surface area contributed by atoms with Crippen LogP contribution in [0, 0.1) is 147 Å². The Morgan fingerprint density at radius 1 is 0.245 bits per heavy atom. The van der Waals surface area contributed by atoms with Gasteiger partial charge in [0.05, 0.1) is 190 Å². The van der Waals surface area contributed by atoms with Crippen molar-refractivity contribution >= 4 is 43.6 Å². The lowest BCUT2D eigenvalue weighted by atomic mass is 9.89. The molecule has 2 aromatic heterocycles. The minimum absolute atomic E-state index is 0.00594. The van der Waals surface area contributed by atoms with Crippen molar-refractivity contribution in [2.45, 2.75) is 12.4 Å². The highest BCUT2D eigenvalue weighted by Gasteiger charge is 2.41. The topological polar surface area (TPSA) is 319 Å². The molecule has 102 heavy (non-hydrogen) atoms. The molecule has 0 aliphatic carbocycles. The molecule has 0 bridgehead atoms. The second-order valence-electron chi connectivity index (χ2n) is 23.0. The zero-order valence-electron chi connectivity index (χ0n) is 51.7. The van der Waals surface area contributed by atoms with Gasteiger partial charge in [0.2, 0.25) is 0 Å². The predicted octanol–water partition coefficient (Wildman–Crippen LogP) is 18.3. The third-order valence-corrected chi connectivity index (χ3v) is 17.6. The summed E-state index contributed by atoms with van der Waals surface area (Å²) in [6, 6.07) is 66.0. The van der Waals surface area contributed by atoms with Crippen LogP contribution >= 0.6 is 0 Å². The highest BCUT2D eigenvalue weighted by molar-refractivity contribution is 6.14. The van der Waals surface area contributed by atoms with Crippen molar-refractivity contribution < 1.29 is 26.3 Å². The third kappa shape index (κ3) is 10.6. The van der Waals surface area contributed by atoms with Crippen LogP contribution in [0.3, 0.4) is 0 Å². The molecule has 13 aromatic rings. The van der Waals surface area contributed by atoms with E-state index in [4.69, 9.17) is 0 Å². The molecular weight excluding hydrogens is 1300 g/mol. The summed E-state index contributed by atoms with van der Waals surface area (Å²) in [6.07, 6.45) is -10.7. The Morgan fingerprint density at radius 2 is 0.529 bits per heavy atom. The number of aromatic nitrogens is 2. The highest BCUT2D eigenvalue weighted by atomic mass is 19.4. The number of benzene rings is 11. The number of halogens is 6. The molecule has 13 rings (SSSR count). The fourth-order valence-corrected chi connectivity index (χ4v) is 13.4. The van der Waals surface area contributed by atoms with E-state index in [-0.39, 0.29) is 139 Å². The number of hydrogen-bond acceptors (Lipinski definition) is 13. The van der Waals surface area contributed by atoms with Crippen molar-refractivity contribution in [3.05, 3.63) is 259 Å². The maximum atomic E-state index is 15.4. The molecular formula is C81H29F6N15. The van der Waals surface area contributed by atoms with Crippen molar-refractivity contribution in [3.63, 3.8) is 0 Å². The van der Waals surface area contributed by atoms with Crippen LogP contribution in [0.25, 0.3) is 122 Å². The van der Waals surface area contributed by atoms with Gasteiger partial charge in [-0.25, -0.2) is 0 Å². The molecule has 0 aliphatic heterocycles. The number of nitrogens with zero attached hydrogens (tertiary/aromatic N) is 15. The Bertz CT molecular complexity index is 6130. The van der Waals surface area contributed by atoms with E-state index in [2.05, 4.69) is 54.6 Å². The number of nitriles is 13. The molecule has 0 amide bonds. The predicted molar refractivity (Wildman–Crippen MR) is 359 cm³/mol. The number of hydrogen-bond donors (Lipinski definition) is 0. The summed E-state index contributed by atoms with van der Waals surface area (Å²) in [7, 11) is 0. The maximum Gasteiger partial charge on any atom is 0.417 e. The first-order valence-corrected chi connectivity index (χ1v) is 29.9. The van der Waals surface area contributed by atoms with Gasteiger partial charge in [-0.15, -0.1) is 0 Å². The Kier molecular flexibility index (Phi) is 15.8. The lowest BCUT2D eigenvalue weighted by Crippen LogP contribution is -2.14. The molecule has 0 radical (unpaired) electrons. The minimum atomic E-state index is -5.37. The molecule has 0 fully saturated rings. The highest BCUT2D eigenvalue weighted by Crippen LogP contribution is 2.49. The van der Waals surface area contributed by atoms with Crippen LogP contribution in [0.15, 0.2) is 176 Å². The summed E-state index contributed by atoms with van der Waals surface area (Å²) in [5.41, 5.74) is -2.45. The van der Waals surface area contributed by atoms with E-state index in [0.717, 1.165) is 12.1 Å². The van der Waals surface area contributed by atoms with E-state index < -0.39 is 34.6 Å². The number of rotatable bonds is 8. The minimum Gasteiger partial charge on any atom is -0.309 e. The van der Waals surface area contributed by atoms with E-state index in [1.54, 1.807) is 88.0 Å². The van der Waals surface area contributed by atoms with Gasteiger partial charge in [0.15, 0.2) is 0 Å². The van der Waals surface area contributed by atoms with Crippen LogP contribution in [0.1, 0.15) is 83.5 Å². The van der Waals surface area contributed by atoms with Gasteiger partial charge >= 0.3 is 12.4 Å². The summed E-state index contributed by atoms with van der Waals surface area (Å²) in [6.45, 7) is 0. The smallest absolute Gasteiger partial charge is 0.309 e. The van der Waals surface area contributed by atoms with E-state index in [9.17, 15) is 68.4 Å². The summed E-state index contributed by atoms with van der Waals surface area (Å²) in [5, 5.41) is 136. The van der Waals surface area contributed by atoms with Crippen molar-refractivity contribution in [2.75, 3.05) is 0 Å². The van der Waals surface area contributed by atoms with Crippen LogP contribution in [-0.4, -0.2) is 9.13 Å². The van der Waals surface area contributed by atoms with E-state index in [1.165, 1.54) is 66.7 Å². The van der Waals surface area contributed by atoms with Crippen LogP contribution in [0.5, 0.6) is 0 Å². The molecule has 0 unspecified atom stereocenters. The molecule has 0 saturated heterocycles. The summed E-state index contributed by atoms with van der Waals surface area (Å²) in [4.78, 5) is 0.